The Hall–Kier alpha value is -0.160. The van der Waals surface area contributed by atoms with Crippen molar-refractivity contribution >= 4 is 0 Å². The topological polar surface area (TPSA) is 39.7 Å². The third-order valence-electron chi connectivity index (χ3n) is 3.66. The molecule has 1 N–H and O–H groups in total. The Morgan fingerprint density at radius 2 is 2.06 bits per heavy atom. The van der Waals surface area contributed by atoms with Crippen molar-refractivity contribution in [3.8, 4) is 0 Å². The fourth-order valence-electron chi connectivity index (χ4n) is 2.68. The van der Waals surface area contributed by atoms with Crippen molar-refractivity contribution in [1.82, 2.24) is 5.32 Å². The van der Waals surface area contributed by atoms with E-state index in [9.17, 15) is 0 Å². The molecule has 0 radical (unpaired) electrons. The van der Waals surface area contributed by atoms with Gasteiger partial charge in [0.1, 0.15) is 0 Å². The fraction of sp³-hybridized carbons (Fsp3) is 1.00. The molecule has 1 saturated carbocycles. The molecular formula is C13H25NO3. The monoisotopic (exact) mass is 243 g/mol. The second kappa shape index (κ2) is 6.69. The molecule has 0 aromatic rings. The second-order valence-corrected chi connectivity index (χ2v) is 5.21. The SMILES string of the molecule is COC1CCCC(OCC2CNCC(C)O2)C1. The zero-order valence-corrected chi connectivity index (χ0v) is 11.0. The molecule has 0 spiro atoms. The minimum atomic E-state index is 0.210. The predicted molar refractivity (Wildman–Crippen MR) is 66.2 cm³/mol. The Bertz CT molecular complexity index is 225. The summed E-state index contributed by atoms with van der Waals surface area (Å²) >= 11 is 0. The van der Waals surface area contributed by atoms with Crippen LogP contribution in [0.3, 0.4) is 0 Å². The lowest BCUT2D eigenvalue weighted by Crippen LogP contribution is -2.46. The minimum absolute atomic E-state index is 0.210. The van der Waals surface area contributed by atoms with Gasteiger partial charge < -0.3 is 19.5 Å². The van der Waals surface area contributed by atoms with Gasteiger partial charge in [0.15, 0.2) is 0 Å². The first-order chi connectivity index (χ1) is 8.28. The van der Waals surface area contributed by atoms with Crippen LogP contribution in [0.5, 0.6) is 0 Å². The molecule has 2 rings (SSSR count). The summed E-state index contributed by atoms with van der Waals surface area (Å²) in [5.41, 5.74) is 0. The highest BCUT2D eigenvalue weighted by atomic mass is 16.5. The van der Waals surface area contributed by atoms with Crippen LogP contribution in [0, 0.1) is 0 Å². The summed E-state index contributed by atoms with van der Waals surface area (Å²) in [6, 6.07) is 0. The fourth-order valence-corrected chi connectivity index (χ4v) is 2.68. The molecule has 2 fully saturated rings. The molecule has 4 unspecified atom stereocenters. The lowest BCUT2D eigenvalue weighted by atomic mass is 9.95. The van der Waals surface area contributed by atoms with Crippen molar-refractivity contribution in [3.05, 3.63) is 0 Å². The zero-order valence-electron chi connectivity index (χ0n) is 11.0. The lowest BCUT2D eigenvalue weighted by Gasteiger charge is -2.32. The molecule has 0 aromatic heterocycles. The third kappa shape index (κ3) is 4.21. The molecule has 17 heavy (non-hydrogen) atoms. The molecule has 1 heterocycles. The van der Waals surface area contributed by atoms with E-state index in [0.29, 0.717) is 24.9 Å². The van der Waals surface area contributed by atoms with Gasteiger partial charge in [-0.2, -0.15) is 0 Å². The number of hydrogen-bond donors (Lipinski definition) is 1. The van der Waals surface area contributed by atoms with E-state index in [0.717, 1.165) is 25.9 Å². The first-order valence-corrected chi connectivity index (χ1v) is 6.78. The third-order valence-corrected chi connectivity index (χ3v) is 3.66. The number of rotatable bonds is 4. The van der Waals surface area contributed by atoms with E-state index >= 15 is 0 Å². The predicted octanol–water partition coefficient (Wildman–Crippen LogP) is 1.34. The largest absolute Gasteiger partial charge is 0.381 e. The van der Waals surface area contributed by atoms with Crippen molar-refractivity contribution in [2.24, 2.45) is 0 Å². The average molecular weight is 243 g/mol. The van der Waals surface area contributed by atoms with E-state index in [4.69, 9.17) is 14.2 Å². The summed E-state index contributed by atoms with van der Waals surface area (Å²) in [5, 5.41) is 3.36. The van der Waals surface area contributed by atoms with E-state index in [1.807, 2.05) is 0 Å². The lowest BCUT2D eigenvalue weighted by molar-refractivity contribution is -0.100. The zero-order chi connectivity index (χ0) is 12.1. The van der Waals surface area contributed by atoms with Crippen LogP contribution >= 0.6 is 0 Å². The average Bonchev–Trinajstić information content (AvgIpc) is 2.37. The molecule has 2 aliphatic rings. The van der Waals surface area contributed by atoms with E-state index in [-0.39, 0.29) is 6.10 Å². The molecule has 1 aliphatic carbocycles. The number of methoxy groups -OCH3 is 1. The van der Waals surface area contributed by atoms with Crippen molar-refractivity contribution in [2.45, 2.75) is 57.0 Å². The van der Waals surface area contributed by atoms with Gasteiger partial charge >= 0.3 is 0 Å². The first kappa shape index (κ1) is 13.3. The maximum atomic E-state index is 5.96. The highest BCUT2D eigenvalue weighted by Gasteiger charge is 2.25. The summed E-state index contributed by atoms with van der Waals surface area (Å²) < 4.78 is 17.2. The van der Waals surface area contributed by atoms with Gasteiger partial charge in [0.05, 0.1) is 31.0 Å². The van der Waals surface area contributed by atoms with Gasteiger partial charge in [0.2, 0.25) is 0 Å². The van der Waals surface area contributed by atoms with Crippen LogP contribution in [-0.2, 0) is 14.2 Å². The van der Waals surface area contributed by atoms with Crippen molar-refractivity contribution in [3.63, 3.8) is 0 Å². The van der Waals surface area contributed by atoms with Crippen LogP contribution in [0.4, 0.5) is 0 Å². The maximum absolute atomic E-state index is 5.96. The summed E-state index contributed by atoms with van der Waals surface area (Å²) in [6.07, 6.45) is 5.84. The summed E-state index contributed by atoms with van der Waals surface area (Å²) in [6.45, 7) is 4.66. The smallest absolute Gasteiger partial charge is 0.0936 e. The van der Waals surface area contributed by atoms with Crippen LogP contribution in [0.25, 0.3) is 0 Å². The maximum Gasteiger partial charge on any atom is 0.0936 e. The van der Waals surface area contributed by atoms with Gasteiger partial charge in [-0.3, -0.25) is 0 Å². The van der Waals surface area contributed by atoms with E-state index in [1.54, 1.807) is 7.11 Å². The van der Waals surface area contributed by atoms with Gasteiger partial charge in [0.25, 0.3) is 0 Å². The summed E-state index contributed by atoms with van der Waals surface area (Å²) in [5.74, 6) is 0. The summed E-state index contributed by atoms with van der Waals surface area (Å²) in [7, 11) is 1.79. The molecule has 1 aliphatic heterocycles. The standard InChI is InChI=1S/C13H25NO3/c1-10-7-14-8-13(17-10)9-16-12-5-3-4-11(6-12)15-2/h10-14H,3-9H2,1-2H3. The van der Waals surface area contributed by atoms with Gasteiger partial charge in [0, 0.05) is 20.2 Å². The molecule has 4 nitrogen and oxygen atoms in total. The first-order valence-electron chi connectivity index (χ1n) is 6.78. The molecule has 1 saturated heterocycles. The molecule has 0 bridgehead atoms. The van der Waals surface area contributed by atoms with E-state index < -0.39 is 0 Å². The Morgan fingerprint density at radius 1 is 1.24 bits per heavy atom. The minimum Gasteiger partial charge on any atom is -0.381 e. The van der Waals surface area contributed by atoms with Gasteiger partial charge in [-0.1, -0.05) is 0 Å². The highest BCUT2D eigenvalue weighted by Crippen LogP contribution is 2.23. The van der Waals surface area contributed by atoms with Crippen molar-refractivity contribution < 1.29 is 14.2 Å². The van der Waals surface area contributed by atoms with Gasteiger partial charge in [-0.25, -0.2) is 0 Å². The van der Waals surface area contributed by atoms with Crippen LogP contribution < -0.4 is 5.32 Å². The normalized spacial score (nSPS) is 39.2. The Morgan fingerprint density at radius 3 is 2.82 bits per heavy atom. The van der Waals surface area contributed by atoms with E-state index in [2.05, 4.69) is 12.2 Å². The van der Waals surface area contributed by atoms with Gasteiger partial charge in [-0.05, 0) is 32.6 Å². The van der Waals surface area contributed by atoms with Crippen LogP contribution in [-0.4, -0.2) is 51.2 Å². The number of nitrogens with one attached hydrogen (secondary N) is 1. The number of morpholine rings is 1. The van der Waals surface area contributed by atoms with Gasteiger partial charge in [-0.15, -0.1) is 0 Å². The Labute approximate surface area is 104 Å². The molecule has 0 aromatic carbocycles. The van der Waals surface area contributed by atoms with Crippen molar-refractivity contribution in [2.75, 3.05) is 26.8 Å². The molecule has 4 atom stereocenters. The molecule has 4 heteroatoms. The quantitative estimate of drug-likeness (QED) is 0.809. The summed E-state index contributed by atoms with van der Waals surface area (Å²) in [4.78, 5) is 0. The second-order valence-electron chi connectivity index (χ2n) is 5.21. The van der Waals surface area contributed by atoms with Crippen LogP contribution in [0.1, 0.15) is 32.6 Å². The van der Waals surface area contributed by atoms with Crippen molar-refractivity contribution in [1.29, 1.82) is 0 Å². The molecule has 0 amide bonds. The Balaban J connectivity index is 1.66. The highest BCUT2D eigenvalue weighted by molar-refractivity contribution is 4.76. The van der Waals surface area contributed by atoms with Crippen LogP contribution in [0.15, 0.2) is 0 Å². The number of ether oxygens (including phenoxy) is 3. The number of hydrogen-bond acceptors (Lipinski definition) is 4. The Kier molecular flexibility index (Phi) is 5.22. The van der Waals surface area contributed by atoms with E-state index in [1.165, 1.54) is 12.8 Å². The molecular weight excluding hydrogens is 218 g/mol. The molecule has 100 valence electrons. The van der Waals surface area contributed by atoms with Crippen LogP contribution in [0.2, 0.25) is 0 Å².